The number of carboxylic acid groups (broad SMARTS) is 1. The number of carboxylic acids is 1. The van der Waals surface area contributed by atoms with Gasteiger partial charge in [-0.05, 0) is 62.1 Å². The molecule has 2 heterocycles. The molecule has 3 aromatic rings. The SMILES string of the molecule is CCOC1CCN(Cc2c(OC)cc(C)c3[nH]ccc23)C(c2ccc(C(=O)O)cc2NC)C1. The standard InChI is InChI=1S/C26H33N3O4/c1-5-33-18-9-11-29(15-21-19-8-10-28-25(19)16(2)12-24(21)32-4)23(14-18)20-7-6-17(26(30)31)13-22(20)27-3/h6-8,10,12-13,18,23,27-28H,5,9,11,14-15H2,1-4H3,(H,30,31). The van der Waals surface area contributed by atoms with Gasteiger partial charge in [0, 0.05) is 61.1 Å². The van der Waals surface area contributed by atoms with Crippen molar-refractivity contribution in [3.63, 3.8) is 0 Å². The lowest BCUT2D eigenvalue weighted by molar-refractivity contribution is -0.0136. The van der Waals surface area contributed by atoms with E-state index in [4.69, 9.17) is 9.47 Å². The highest BCUT2D eigenvalue weighted by Crippen LogP contribution is 2.40. The van der Waals surface area contributed by atoms with Crippen LogP contribution in [0.15, 0.2) is 36.5 Å². The quantitative estimate of drug-likeness (QED) is 0.448. The van der Waals surface area contributed by atoms with Crippen molar-refractivity contribution in [1.82, 2.24) is 9.88 Å². The third-order valence-corrected chi connectivity index (χ3v) is 6.69. The highest BCUT2D eigenvalue weighted by Gasteiger charge is 2.32. The van der Waals surface area contributed by atoms with Gasteiger partial charge in [0.1, 0.15) is 5.75 Å². The van der Waals surface area contributed by atoms with E-state index in [1.165, 1.54) is 5.39 Å². The Hall–Kier alpha value is -3.03. The van der Waals surface area contributed by atoms with Crippen molar-refractivity contribution in [3.05, 3.63) is 58.8 Å². The van der Waals surface area contributed by atoms with Gasteiger partial charge < -0.3 is 24.9 Å². The Kier molecular flexibility index (Phi) is 6.91. The van der Waals surface area contributed by atoms with Gasteiger partial charge in [0.2, 0.25) is 0 Å². The second kappa shape index (κ2) is 9.85. The molecule has 2 atom stereocenters. The molecule has 0 spiro atoms. The summed E-state index contributed by atoms with van der Waals surface area (Å²) >= 11 is 0. The number of anilines is 1. The molecule has 0 radical (unpaired) electrons. The van der Waals surface area contributed by atoms with Gasteiger partial charge in [-0.15, -0.1) is 0 Å². The van der Waals surface area contributed by atoms with Crippen LogP contribution in [0.3, 0.4) is 0 Å². The number of hydrogen-bond donors (Lipinski definition) is 3. The molecule has 4 rings (SSSR count). The van der Waals surface area contributed by atoms with E-state index in [0.717, 1.165) is 59.6 Å². The Labute approximate surface area is 194 Å². The van der Waals surface area contributed by atoms with Crippen LogP contribution in [0, 0.1) is 6.92 Å². The summed E-state index contributed by atoms with van der Waals surface area (Å²) in [5.74, 6) is -0.0367. The molecular weight excluding hydrogens is 418 g/mol. The summed E-state index contributed by atoms with van der Waals surface area (Å²) in [5.41, 5.74) is 5.65. The molecule has 0 aliphatic carbocycles. The minimum Gasteiger partial charge on any atom is -0.496 e. The fourth-order valence-corrected chi connectivity index (χ4v) is 5.06. The van der Waals surface area contributed by atoms with Crippen LogP contribution < -0.4 is 10.1 Å². The second-order valence-corrected chi connectivity index (χ2v) is 8.59. The van der Waals surface area contributed by atoms with Gasteiger partial charge in [-0.2, -0.15) is 0 Å². The van der Waals surface area contributed by atoms with Crippen LogP contribution in [0.2, 0.25) is 0 Å². The molecule has 0 saturated carbocycles. The molecule has 2 unspecified atom stereocenters. The number of aromatic carboxylic acids is 1. The number of aromatic amines is 1. The molecular formula is C26H33N3O4. The van der Waals surface area contributed by atoms with E-state index in [-0.39, 0.29) is 17.7 Å². The van der Waals surface area contributed by atoms with Gasteiger partial charge in [0.15, 0.2) is 0 Å². The highest BCUT2D eigenvalue weighted by molar-refractivity contribution is 5.89. The summed E-state index contributed by atoms with van der Waals surface area (Å²) in [4.78, 5) is 17.3. The topological polar surface area (TPSA) is 86.8 Å². The van der Waals surface area contributed by atoms with Crippen LogP contribution in [0.4, 0.5) is 5.69 Å². The number of likely N-dealkylation sites (tertiary alicyclic amines) is 1. The lowest BCUT2D eigenvalue weighted by Gasteiger charge is -2.40. The number of nitrogens with one attached hydrogen (secondary N) is 2. The number of carbonyl (C=O) groups is 1. The average Bonchev–Trinajstić information content (AvgIpc) is 3.32. The van der Waals surface area contributed by atoms with Gasteiger partial charge >= 0.3 is 5.97 Å². The second-order valence-electron chi connectivity index (χ2n) is 8.59. The van der Waals surface area contributed by atoms with E-state index in [2.05, 4.69) is 34.3 Å². The Morgan fingerprint density at radius 2 is 2.12 bits per heavy atom. The maximum Gasteiger partial charge on any atom is 0.335 e. The maximum absolute atomic E-state index is 11.5. The zero-order valence-corrected chi connectivity index (χ0v) is 19.8. The van der Waals surface area contributed by atoms with Gasteiger partial charge in [0.05, 0.1) is 18.8 Å². The number of H-pyrrole nitrogens is 1. The number of hydrogen-bond acceptors (Lipinski definition) is 5. The fourth-order valence-electron chi connectivity index (χ4n) is 5.06. The summed E-state index contributed by atoms with van der Waals surface area (Å²) in [6.07, 6.45) is 3.95. The summed E-state index contributed by atoms with van der Waals surface area (Å²) in [7, 11) is 3.56. The monoisotopic (exact) mass is 451 g/mol. The number of piperidine rings is 1. The number of aromatic nitrogens is 1. The van der Waals surface area contributed by atoms with Gasteiger partial charge in [-0.1, -0.05) is 6.07 Å². The highest BCUT2D eigenvalue weighted by atomic mass is 16.5. The molecule has 3 N–H and O–H groups in total. The van der Waals surface area contributed by atoms with E-state index in [1.807, 2.05) is 26.2 Å². The molecule has 1 saturated heterocycles. The molecule has 0 amide bonds. The van der Waals surface area contributed by atoms with Crippen molar-refractivity contribution >= 4 is 22.6 Å². The van der Waals surface area contributed by atoms with Crippen LogP contribution in [0.5, 0.6) is 5.75 Å². The molecule has 176 valence electrons. The summed E-state index contributed by atoms with van der Waals surface area (Å²) in [5, 5.41) is 13.8. The molecule has 1 aliphatic heterocycles. The Balaban J connectivity index is 1.75. The Morgan fingerprint density at radius 1 is 1.30 bits per heavy atom. The van der Waals surface area contributed by atoms with Crippen LogP contribution in [0.1, 0.15) is 52.9 Å². The minimum absolute atomic E-state index is 0.0839. The van der Waals surface area contributed by atoms with E-state index in [0.29, 0.717) is 6.61 Å². The summed E-state index contributed by atoms with van der Waals surface area (Å²) in [6, 6.07) is 9.65. The predicted molar refractivity (Wildman–Crippen MR) is 130 cm³/mol. The Morgan fingerprint density at radius 3 is 2.82 bits per heavy atom. The lowest BCUT2D eigenvalue weighted by atomic mass is 9.90. The molecule has 2 aromatic carbocycles. The van der Waals surface area contributed by atoms with Crippen molar-refractivity contribution in [1.29, 1.82) is 0 Å². The number of benzene rings is 2. The minimum atomic E-state index is -0.926. The number of rotatable bonds is 8. The van der Waals surface area contributed by atoms with E-state index >= 15 is 0 Å². The number of ether oxygens (including phenoxy) is 2. The van der Waals surface area contributed by atoms with Crippen molar-refractivity contribution in [2.45, 2.75) is 45.4 Å². The first-order valence-electron chi connectivity index (χ1n) is 11.5. The molecule has 7 heteroatoms. The van der Waals surface area contributed by atoms with E-state index < -0.39 is 5.97 Å². The van der Waals surface area contributed by atoms with Crippen molar-refractivity contribution in [2.24, 2.45) is 0 Å². The van der Waals surface area contributed by atoms with Gasteiger partial charge in [-0.3, -0.25) is 4.90 Å². The zero-order valence-electron chi connectivity index (χ0n) is 19.8. The van der Waals surface area contributed by atoms with Crippen LogP contribution >= 0.6 is 0 Å². The first-order valence-corrected chi connectivity index (χ1v) is 11.5. The number of fused-ring (bicyclic) bond motifs is 1. The first kappa shape index (κ1) is 23.1. The normalized spacial score (nSPS) is 19.0. The predicted octanol–water partition coefficient (Wildman–Crippen LogP) is 4.97. The maximum atomic E-state index is 11.5. The van der Waals surface area contributed by atoms with Gasteiger partial charge in [0.25, 0.3) is 0 Å². The van der Waals surface area contributed by atoms with Crippen molar-refractivity contribution in [3.8, 4) is 5.75 Å². The molecule has 7 nitrogen and oxygen atoms in total. The zero-order chi connectivity index (χ0) is 23.5. The van der Waals surface area contributed by atoms with Crippen LogP contribution in [-0.2, 0) is 11.3 Å². The molecule has 33 heavy (non-hydrogen) atoms. The van der Waals surface area contributed by atoms with E-state index in [9.17, 15) is 9.90 Å². The molecule has 1 aliphatic rings. The lowest BCUT2D eigenvalue weighted by Crippen LogP contribution is -2.39. The third-order valence-electron chi connectivity index (χ3n) is 6.69. The molecule has 1 aromatic heterocycles. The van der Waals surface area contributed by atoms with E-state index in [1.54, 1.807) is 19.2 Å². The number of aryl methyl sites for hydroxylation is 1. The third kappa shape index (κ3) is 4.56. The average molecular weight is 452 g/mol. The summed E-state index contributed by atoms with van der Waals surface area (Å²) < 4.78 is 11.8. The number of methoxy groups -OCH3 is 1. The van der Waals surface area contributed by atoms with Crippen molar-refractivity contribution in [2.75, 3.05) is 32.6 Å². The molecule has 0 bridgehead atoms. The van der Waals surface area contributed by atoms with Crippen molar-refractivity contribution < 1.29 is 19.4 Å². The fraction of sp³-hybridized carbons (Fsp3) is 0.423. The Bertz CT molecular complexity index is 1140. The smallest absolute Gasteiger partial charge is 0.335 e. The molecule has 1 fully saturated rings. The summed E-state index contributed by atoms with van der Waals surface area (Å²) in [6.45, 7) is 6.41. The van der Waals surface area contributed by atoms with Crippen LogP contribution in [-0.4, -0.2) is 54.4 Å². The first-order chi connectivity index (χ1) is 16.0. The van der Waals surface area contributed by atoms with Crippen LogP contribution in [0.25, 0.3) is 10.9 Å². The van der Waals surface area contributed by atoms with Gasteiger partial charge in [-0.25, -0.2) is 4.79 Å². The number of nitrogens with zero attached hydrogens (tertiary/aromatic N) is 1. The largest absolute Gasteiger partial charge is 0.496 e.